The maximum atomic E-state index is 12.9. The summed E-state index contributed by atoms with van der Waals surface area (Å²) in [7, 11) is 1.59. The van der Waals surface area contributed by atoms with Gasteiger partial charge in [-0.1, -0.05) is 55.3 Å². The molecule has 0 bridgehead atoms. The van der Waals surface area contributed by atoms with Crippen molar-refractivity contribution in [1.29, 1.82) is 0 Å². The van der Waals surface area contributed by atoms with Crippen molar-refractivity contribution >= 4 is 45.7 Å². The van der Waals surface area contributed by atoms with Gasteiger partial charge in [-0.25, -0.2) is 4.79 Å². The Morgan fingerprint density at radius 2 is 1.88 bits per heavy atom. The molecule has 0 aliphatic carbocycles. The van der Waals surface area contributed by atoms with Crippen LogP contribution in [0.15, 0.2) is 48.5 Å². The number of nitrogens with zero attached hydrogens (tertiary/aromatic N) is 2. The Labute approximate surface area is 195 Å². The third-order valence-electron chi connectivity index (χ3n) is 4.86. The number of amides is 3. The van der Waals surface area contributed by atoms with Gasteiger partial charge < -0.3 is 15.4 Å². The Kier molecular flexibility index (Phi) is 8.02. The molecule has 168 valence electrons. The summed E-state index contributed by atoms with van der Waals surface area (Å²) in [6.07, 6.45) is 0.699. The van der Waals surface area contributed by atoms with Crippen LogP contribution in [0.4, 0.5) is 15.6 Å². The number of carbonyl (C=O) groups is 2. The van der Waals surface area contributed by atoms with Gasteiger partial charge in [0.2, 0.25) is 11.0 Å². The number of benzene rings is 2. The number of urea groups is 1. The van der Waals surface area contributed by atoms with E-state index in [0.29, 0.717) is 33.0 Å². The number of nitrogens with one attached hydrogen (secondary N) is 3. The van der Waals surface area contributed by atoms with E-state index in [1.807, 2.05) is 38.1 Å². The molecule has 1 aromatic heterocycles. The van der Waals surface area contributed by atoms with Gasteiger partial charge in [0.25, 0.3) is 0 Å². The van der Waals surface area contributed by atoms with Crippen LogP contribution in [0.25, 0.3) is 10.6 Å². The van der Waals surface area contributed by atoms with Gasteiger partial charge in [0.05, 0.1) is 7.11 Å². The predicted octanol–water partition coefficient (Wildman–Crippen LogP) is 5.04. The second-order valence-corrected chi connectivity index (χ2v) is 8.52. The summed E-state index contributed by atoms with van der Waals surface area (Å²) in [5.74, 6) is 0.242. The maximum Gasteiger partial charge on any atom is 0.319 e. The summed E-state index contributed by atoms with van der Waals surface area (Å²) in [5.41, 5.74) is 1.41. The van der Waals surface area contributed by atoms with Crippen molar-refractivity contribution in [3.05, 3.63) is 53.6 Å². The van der Waals surface area contributed by atoms with Crippen molar-refractivity contribution in [1.82, 2.24) is 15.5 Å². The standard InChI is InChI=1S/C22H24ClN5O3S/c1-4-13(2)18(25-21(30)24-16-10-8-15(23)9-11-16)19(29)26-22-28-27-20(32-22)14-6-5-7-17(12-14)31-3/h5-13,18H,4H2,1-3H3,(H2,24,25,30)(H,26,28,29). The number of hydrogen-bond acceptors (Lipinski definition) is 6. The van der Waals surface area contributed by atoms with Gasteiger partial charge >= 0.3 is 6.03 Å². The Morgan fingerprint density at radius 1 is 1.12 bits per heavy atom. The van der Waals surface area contributed by atoms with E-state index in [0.717, 1.165) is 5.56 Å². The van der Waals surface area contributed by atoms with E-state index in [9.17, 15) is 9.59 Å². The zero-order valence-electron chi connectivity index (χ0n) is 17.9. The minimum Gasteiger partial charge on any atom is -0.497 e. The monoisotopic (exact) mass is 473 g/mol. The molecule has 2 unspecified atom stereocenters. The topological polar surface area (TPSA) is 105 Å². The summed E-state index contributed by atoms with van der Waals surface area (Å²) in [5, 5.41) is 18.0. The molecule has 3 aromatic rings. The molecule has 8 nitrogen and oxygen atoms in total. The minimum absolute atomic E-state index is 0.100. The summed E-state index contributed by atoms with van der Waals surface area (Å²) in [6.45, 7) is 3.85. The average Bonchev–Trinajstić information content (AvgIpc) is 3.27. The van der Waals surface area contributed by atoms with Gasteiger partial charge in [-0.05, 0) is 42.3 Å². The number of rotatable bonds is 8. The lowest BCUT2D eigenvalue weighted by Crippen LogP contribution is -2.49. The normalized spacial score (nSPS) is 12.5. The minimum atomic E-state index is -0.753. The van der Waals surface area contributed by atoms with Gasteiger partial charge in [-0.3, -0.25) is 10.1 Å². The third-order valence-corrected chi connectivity index (χ3v) is 6.00. The van der Waals surface area contributed by atoms with Crippen LogP contribution < -0.4 is 20.7 Å². The quantitative estimate of drug-likeness (QED) is 0.425. The molecule has 0 fully saturated rings. The van der Waals surface area contributed by atoms with Crippen molar-refractivity contribution in [3.8, 4) is 16.3 Å². The van der Waals surface area contributed by atoms with Crippen molar-refractivity contribution in [2.45, 2.75) is 26.3 Å². The van der Waals surface area contributed by atoms with Gasteiger partial charge in [0.1, 0.15) is 16.8 Å². The molecule has 0 spiro atoms. The molecule has 10 heteroatoms. The van der Waals surface area contributed by atoms with E-state index in [-0.39, 0.29) is 11.8 Å². The molecule has 0 radical (unpaired) electrons. The lowest BCUT2D eigenvalue weighted by atomic mass is 9.98. The summed E-state index contributed by atoms with van der Waals surface area (Å²) in [4.78, 5) is 25.4. The van der Waals surface area contributed by atoms with Gasteiger partial charge in [0, 0.05) is 16.3 Å². The van der Waals surface area contributed by atoms with Crippen LogP contribution in [0, 0.1) is 5.92 Å². The number of anilines is 2. The van der Waals surface area contributed by atoms with Crippen LogP contribution >= 0.6 is 22.9 Å². The molecule has 1 heterocycles. The first-order valence-electron chi connectivity index (χ1n) is 10.0. The van der Waals surface area contributed by atoms with Crippen LogP contribution in [-0.2, 0) is 4.79 Å². The van der Waals surface area contributed by atoms with Crippen LogP contribution in [0.2, 0.25) is 5.02 Å². The SMILES string of the molecule is CCC(C)C(NC(=O)Nc1ccc(Cl)cc1)C(=O)Nc1nnc(-c2cccc(OC)c2)s1. The predicted molar refractivity (Wildman–Crippen MR) is 127 cm³/mol. The fraction of sp³-hybridized carbons (Fsp3) is 0.273. The summed E-state index contributed by atoms with van der Waals surface area (Å²) in [6, 6.07) is 12.9. The van der Waals surface area contributed by atoms with Crippen LogP contribution in [0.5, 0.6) is 5.75 Å². The fourth-order valence-corrected chi connectivity index (χ4v) is 3.74. The molecular formula is C22H24ClN5O3S. The Morgan fingerprint density at radius 3 is 2.56 bits per heavy atom. The molecule has 0 aliphatic rings. The third kappa shape index (κ3) is 6.18. The molecule has 3 rings (SSSR count). The van der Waals surface area contributed by atoms with E-state index in [2.05, 4.69) is 26.1 Å². The number of ether oxygens (including phenoxy) is 1. The molecule has 32 heavy (non-hydrogen) atoms. The second-order valence-electron chi connectivity index (χ2n) is 7.10. The molecule has 0 saturated heterocycles. The Hall–Kier alpha value is -3.17. The van der Waals surface area contributed by atoms with Crippen LogP contribution in [0.3, 0.4) is 0 Å². The van der Waals surface area contributed by atoms with Crippen molar-refractivity contribution in [3.63, 3.8) is 0 Å². The zero-order chi connectivity index (χ0) is 23.1. The highest BCUT2D eigenvalue weighted by Crippen LogP contribution is 2.29. The molecule has 3 N–H and O–H groups in total. The fourth-order valence-electron chi connectivity index (χ4n) is 2.87. The number of halogens is 1. The first kappa shape index (κ1) is 23.5. The highest BCUT2D eigenvalue weighted by molar-refractivity contribution is 7.18. The Balaban J connectivity index is 1.67. The number of aromatic nitrogens is 2. The van der Waals surface area contributed by atoms with Crippen molar-refractivity contribution < 1.29 is 14.3 Å². The molecule has 0 saturated carbocycles. The lowest BCUT2D eigenvalue weighted by Gasteiger charge is -2.23. The number of methoxy groups -OCH3 is 1. The van der Waals surface area contributed by atoms with Crippen LogP contribution in [0.1, 0.15) is 20.3 Å². The van der Waals surface area contributed by atoms with E-state index < -0.39 is 12.1 Å². The maximum absolute atomic E-state index is 12.9. The first-order chi connectivity index (χ1) is 15.4. The van der Waals surface area contributed by atoms with E-state index in [4.69, 9.17) is 16.3 Å². The van der Waals surface area contributed by atoms with Crippen molar-refractivity contribution in [2.24, 2.45) is 5.92 Å². The van der Waals surface area contributed by atoms with E-state index in [1.165, 1.54) is 11.3 Å². The largest absolute Gasteiger partial charge is 0.497 e. The molecule has 3 amide bonds. The van der Waals surface area contributed by atoms with E-state index >= 15 is 0 Å². The smallest absolute Gasteiger partial charge is 0.319 e. The lowest BCUT2D eigenvalue weighted by molar-refractivity contribution is -0.119. The molecule has 2 aromatic carbocycles. The second kappa shape index (κ2) is 10.9. The number of carbonyl (C=O) groups excluding carboxylic acids is 2. The van der Waals surface area contributed by atoms with Crippen LogP contribution in [-0.4, -0.2) is 35.3 Å². The Bertz CT molecular complexity index is 1070. The average molecular weight is 474 g/mol. The van der Waals surface area contributed by atoms with Gasteiger partial charge in [-0.2, -0.15) is 0 Å². The van der Waals surface area contributed by atoms with Gasteiger partial charge in [0.15, 0.2) is 0 Å². The summed E-state index contributed by atoms with van der Waals surface area (Å²) >= 11 is 7.11. The highest BCUT2D eigenvalue weighted by Gasteiger charge is 2.27. The number of hydrogen-bond donors (Lipinski definition) is 3. The zero-order valence-corrected chi connectivity index (χ0v) is 19.5. The molecular weight excluding hydrogens is 450 g/mol. The van der Waals surface area contributed by atoms with E-state index in [1.54, 1.807) is 31.4 Å². The molecule has 2 atom stereocenters. The summed E-state index contributed by atoms with van der Waals surface area (Å²) < 4.78 is 5.24. The first-order valence-corrected chi connectivity index (χ1v) is 11.2. The van der Waals surface area contributed by atoms with Gasteiger partial charge in [-0.15, -0.1) is 10.2 Å². The highest BCUT2D eigenvalue weighted by atomic mass is 35.5. The van der Waals surface area contributed by atoms with Crippen molar-refractivity contribution in [2.75, 3.05) is 17.7 Å². The molecule has 0 aliphatic heterocycles.